The van der Waals surface area contributed by atoms with Gasteiger partial charge >= 0.3 is 27.1 Å². The summed E-state index contributed by atoms with van der Waals surface area (Å²) in [5.74, 6) is -1.37. The van der Waals surface area contributed by atoms with Gasteiger partial charge in [0.05, 0.1) is 27.7 Å². The fraction of sp³-hybridized carbons (Fsp3) is 0.485. The minimum Gasteiger partial charge on any atom is -0.426 e. The fourth-order valence-electron chi connectivity index (χ4n) is 5.01. The number of ether oxygens (including phenoxy) is 2. The molecule has 13 nitrogen and oxygen atoms in total. The van der Waals surface area contributed by atoms with Gasteiger partial charge in [0.15, 0.2) is 11.1 Å². The van der Waals surface area contributed by atoms with Crippen LogP contribution in [0, 0.1) is 10.8 Å². The largest absolute Gasteiger partial charge is 0.426 e. The zero-order valence-corrected chi connectivity index (χ0v) is 30.5. The van der Waals surface area contributed by atoms with E-state index in [9.17, 15) is 43.1 Å². The van der Waals surface area contributed by atoms with E-state index < -0.39 is 56.1 Å². The van der Waals surface area contributed by atoms with Crippen LogP contribution in [0.5, 0.6) is 11.5 Å². The summed E-state index contributed by atoms with van der Waals surface area (Å²) in [5, 5.41) is 1.02. The van der Waals surface area contributed by atoms with Crippen LogP contribution in [0.3, 0.4) is 0 Å². The van der Waals surface area contributed by atoms with Crippen LogP contribution in [0.4, 0.5) is 5.69 Å². The number of aromatic nitrogens is 1. The zero-order valence-electron chi connectivity index (χ0n) is 28.7. The number of carbonyl (C=O) groups is 3. The minimum atomic E-state index is -5.23. The number of nitrogens with zero attached hydrogens (tertiary/aromatic N) is 1. The first-order valence-corrected chi connectivity index (χ1v) is 18.9. The number of amides is 1. The van der Waals surface area contributed by atoms with Crippen molar-refractivity contribution in [3.63, 3.8) is 0 Å². The SMILES string of the molecule is CCn1c(-c2ccc(OC(=O)C(C)(C)C)cc2)c(C(C)C)c2cc(NC(=O)CCC(P(=O)(O)O)P(=O)(O)O)c(OC(=O)C(C)(C)C)cc21. The monoisotopic (exact) mass is 708 g/mol. The van der Waals surface area contributed by atoms with Gasteiger partial charge in [-0.3, -0.25) is 23.5 Å². The Morgan fingerprint density at radius 2 is 1.38 bits per heavy atom. The van der Waals surface area contributed by atoms with Crippen molar-refractivity contribution in [1.29, 1.82) is 0 Å². The number of anilines is 1. The maximum absolute atomic E-state index is 13.1. The summed E-state index contributed by atoms with van der Waals surface area (Å²) in [6.07, 6.45) is -1.41. The summed E-state index contributed by atoms with van der Waals surface area (Å²) in [6, 6.07) is 10.4. The van der Waals surface area contributed by atoms with E-state index in [4.69, 9.17) is 9.47 Å². The second kappa shape index (κ2) is 14.3. The zero-order chi connectivity index (χ0) is 36.6. The van der Waals surface area contributed by atoms with Crippen LogP contribution in [-0.2, 0) is 30.1 Å². The Balaban J connectivity index is 2.17. The number of esters is 2. The maximum atomic E-state index is 13.1. The van der Waals surface area contributed by atoms with Crippen LogP contribution < -0.4 is 14.8 Å². The minimum absolute atomic E-state index is 0.0239. The third-order valence-electron chi connectivity index (χ3n) is 7.54. The van der Waals surface area contributed by atoms with E-state index in [0.717, 1.165) is 22.2 Å². The molecule has 0 aliphatic rings. The second-order valence-electron chi connectivity index (χ2n) is 14.1. The molecule has 0 spiro atoms. The van der Waals surface area contributed by atoms with Crippen molar-refractivity contribution in [3.8, 4) is 22.8 Å². The highest BCUT2D eigenvalue weighted by atomic mass is 31.2. The van der Waals surface area contributed by atoms with Crippen LogP contribution >= 0.6 is 15.2 Å². The highest BCUT2D eigenvalue weighted by Gasteiger charge is 2.43. The molecule has 3 aromatic rings. The second-order valence-corrected chi connectivity index (χ2v) is 18.1. The smallest absolute Gasteiger partial charge is 0.340 e. The van der Waals surface area contributed by atoms with Gasteiger partial charge in [-0.05, 0) is 102 Å². The number of hydrogen-bond donors (Lipinski definition) is 5. The summed E-state index contributed by atoms with van der Waals surface area (Å²) in [6.45, 7) is 16.8. The molecule has 0 radical (unpaired) electrons. The van der Waals surface area contributed by atoms with Gasteiger partial charge in [-0.15, -0.1) is 0 Å². The molecule has 0 aliphatic carbocycles. The Hall–Kier alpha value is -3.31. The van der Waals surface area contributed by atoms with Gasteiger partial charge in [0.1, 0.15) is 5.75 Å². The molecule has 1 amide bonds. The molecule has 264 valence electrons. The van der Waals surface area contributed by atoms with Gasteiger partial charge < -0.3 is 38.9 Å². The molecule has 0 saturated heterocycles. The van der Waals surface area contributed by atoms with Crippen molar-refractivity contribution < 1.29 is 52.6 Å². The molecule has 5 N–H and O–H groups in total. The molecule has 48 heavy (non-hydrogen) atoms. The number of carbonyl (C=O) groups excluding carboxylic acids is 3. The molecule has 2 aromatic carbocycles. The van der Waals surface area contributed by atoms with Gasteiger partial charge in [-0.2, -0.15) is 0 Å². The molecular weight excluding hydrogens is 662 g/mol. The molecule has 1 aromatic heterocycles. The quantitative estimate of drug-likeness (QED) is 0.0801. The predicted molar refractivity (Wildman–Crippen MR) is 183 cm³/mol. The lowest BCUT2D eigenvalue weighted by Gasteiger charge is -2.20. The Morgan fingerprint density at radius 1 is 0.854 bits per heavy atom. The van der Waals surface area contributed by atoms with Crippen LogP contribution in [0.25, 0.3) is 22.2 Å². The molecule has 15 heteroatoms. The van der Waals surface area contributed by atoms with Crippen molar-refractivity contribution in [3.05, 3.63) is 42.0 Å². The summed E-state index contributed by atoms with van der Waals surface area (Å²) < 4.78 is 36.9. The van der Waals surface area contributed by atoms with Crippen molar-refractivity contribution in [2.24, 2.45) is 10.8 Å². The van der Waals surface area contributed by atoms with Gasteiger partial charge in [-0.25, -0.2) is 0 Å². The van der Waals surface area contributed by atoms with E-state index in [1.54, 1.807) is 65.8 Å². The molecule has 0 aliphatic heterocycles. The molecular formula is C33H46N2O11P2. The lowest BCUT2D eigenvalue weighted by Crippen LogP contribution is -2.26. The van der Waals surface area contributed by atoms with Gasteiger partial charge in [0.25, 0.3) is 0 Å². The van der Waals surface area contributed by atoms with E-state index in [2.05, 4.69) is 5.32 Å². The topological polar surface area (TPSA) is 202 Å². The molecule has 3 rings (SSSR count). The maximum Gasteiger partial charge on any atom is 0.340 e. The van der Waals surface area contributed by atoms with E-state index >= 15 is 0 Å². The number of hydrogen-bond acceptors (Lipinski definition) is 7. The number of aryl methyl sites for hydroxylation is 1. The van der Waals surface area contributed by atoms with Gasteiger partial charge in [-0.1, -0.05) is 13.8 Å². The summed E-state index contributed by atoms with van der Waals surface area (Å²) in [4.78, 5) is 76.4. The Bertz CT molecular complexity index is 1760. The van der Waals surface area contributed by atoms with Gasteiger partial charge in [0.2, 0.25) is 5.91 Å². The molecule has 0 bridgehead atoms. The fourth-order valence-corrected chi connectivity index (χ4v) is 7.51. The average Bonchev–Trinajstić information content (AvgIpc) is 3.24. The molecule has 1 heterocycles. The first-order valence-electron chi connectivity index (χ1n) is 15.5. The third kappa shape index (κ3) is 9.22. The predicted octanol–water partition coefficient (Wildman–Crippen LogP) is 6.75. The van der Waals surface area contributed by atoms with Crippen LogP contribution in [-0.4, -0.2) is 47.4 Å². The van der Waals surface area contributed by atoms with Crippen molar-refractivity contribution >= 4 is 49.6 Å². The van der Waals surface area contributed by atoms with Gasteiger partial charge in [0, 0.05) is 24.4 Å². The van der Waals surface area contributed by atoms with E-state index in [1.807, 2.05) is 37.5 Å². The molecule has 0 saturated carbocycles. The normalized spacial score (nSPS) is 12.9. The molecule has 0 unspecified atom stereocenters. The highest BCUT2D eigenvalue weighted by Crippen LogP contribution is 2.61. The lowest BCUT2D eigenvalue weighted by atomic mass is 9.95. The highest BCUT2D eigenvalue weighted by molar-refractivity contribution is 7.70. The first kappa shape index (κ1) is 39.1. The molecule has 0 fully saturated rings. The number of nitrogens with one attached hydrogen (secondary N) is 1. The Morgan fingerprint density at radius 3 is 1.83 bits per heavy atom. The van der Waals surface area contributed by atoms with Crippen molar-refractivity contribution in [2.45, 2.75) is 93.0 Å². The lowest BCUT2D eigenvalue weighted by molar-refractivity contribution is -0.143. The standard InChI is InChI=1S/C33H46N2O11P2/c1-10-35-24-18-25(46-31(38)33(7,8)9)23(34-26(36)15-16-27(47(39,40)41)48(42,43)44)17-22(24)28(19(2)3)29(35)20-11-13-21(14-12-20)45-30(37)32(4,5)6/h11-14,17-19,27H,10,15-16H2,1-9H3,(H,34,36)(H2,39,40,41)(H2,42,43,44). The Labute approximate surface area is 280 Å². The Kier molecular flexibility index (Phi) is 11.6. The summed E-state index contributed by atoms with van der Waals surface area (Å²) in [7, 11) is -10.5. The van der Waals surface area contributed by atoms with Crippen LogP contribution in [0.2, 0.25) is 0 Å². The van der Waals surface area contributed by atoms with Crippen molar-refractivity contribution in [1.82, 2.24) is 4.57 Å². The number of fused-ring (bicyclic) bond motifs is 1. The van der Waals surface area contributed by atoms with E-state index in [1.165, 1.54) is 0 Å². The summed E-state index contributed by atoms with van der Waals surface area (Å²) in [5.41, 5.74) is 1.82. The van der Waals surface area contributed by atoms with E-state index in [0.29, 0.717) is 17.8 Å². The third-order valence-corrected chi connectivity index (χ3v) is 11.4. The van der Waals surface area contributed by atoms with Crippen LogP contribution in [0.15, 0.2) is 36.4 Å². The van der Waals surface area contributed by atoms with E-state index in [-0.39, 0.29) is 23.3 Å². The van der Waals surface area contributed by atoms with Crippen molar-refractivity contribution in [2.75, 3.05) is 5.32 Å². The van der Waals surface area contributed by atoms with Crippen LogP contribution in [0.1, 0.15) is 86.6 Å². The molecule has 0 atom stereocenters. The first-order chi connectivity index (χ1) is 21.9. The average molecular weight is 709 g/mol. The summed E-state index contributed by atoms with van der Waals surface area (Å²) >= 11 is 0. The number of benzene rings is 2. The number of rotatable bonds is 11.